The SMILES string of the molecule is CC(=O)c1cc(OC(C)(C)C)c(OCc2ccccc2)cc1N. The van der Waals surface area contributed by atoms with Crippen molar-refractivity contribution in [2.75, 3.05) is 5.73 Å². The Hall–Kier alpha value is -2.49. The highest BCUT2D eigenvalue weighted by molar-refractivity contribution is 5.99. The Balaban J connectivity index is 2.32. The molecule has 0 spiro atoms. The molecule has 0 aliphatic heterocycles. The van der Waals surface area contributed by atoms with E-state index in [1.807, 2.05) is 51.1 Å². The van der Waals surface area contributed by atoms with E-state index in [4.69, 9.17) is 15.2 Å². The van der Waals surface area contributed by atoms with Crippen LogP contribution >= 0.6 is 0 Å². The Bertz CT molecular complexity index is 688. The summed E-state index contributed by atoms with van der Waals surface area (Å²) < 4.78 is 11.8. The third kappa shape index (κ3) is 4.74. The maximum atomic E-state index is 11.7. The van der Waals surface area contributed by atoms with Crippen LogP contribution < -0.4 is 15.2 Å². The fraction of sp³-hybridized carbons (Fsp3) is 0.316. The predicted octanol–water partition coefficient (Wildman–Crippen LogP) is 4.23. The van der Waals surface area contributed by atoms with Gasteiger partial charge in [0.2, 0.25) is 0 Å². The molecule has 0 unspecified atom stereocenters. The van der Waals surface area contributed by atoms with Crippen LogP contribution in [0.5, 0.6) is 11.5 Å². The van der Waals surface area contributed by atoms with Crippen molar-refractivity contribution in [2.24, 2.45) is 0 Å². The molecule has 0 bridgehead atoms. The van der Waals surface area contributed by atoms with Gasteiger partial charge >= 0.3 is 0 Å². The van der Waals surface area contributed by atoms with E-state index in [0.717, 1.165) is 5.56 Å². The van der Waals surface area contributed by atoms with Crippen molar-refractivity contribution >= 4 is 11.5 Å². The number of benzene rings is 2. The lowest BCUT2D eigenvalue weighted by Crippen LogP contribution is -2.23. The quantitative estimate of drug-likeness (QED) is 0.663. The molecule has 0 aliphatic carbocycles. The van der Waals surface area contributed by atoms with E-state index in [2.05, 4.69) is 0 Å². The average molecular weight is 313 g/mol. The lowest BCUT2D eigenvalue weighted by atomic mass is 10.1. The zero-order chi connectivity index (χ0) is 17.0. The predicted molar refractivity (Wildman–Crippen MR) is 92.0 cm³/mol. The number of carbonyl (C=O) groups is 1. The van der Waals surface area contributed by atoms with Crippen LogP contribution in [-0.4, -0.2) is 11.4 Å². The third-order valence-electron chi connectivity index (χ3n) is 3.15. The molecule has 122 valence electrons. The number of nitrogen functional groups attached to an aromatic ring is 1. The van der Waals surface area contributed by atoms with Crippen molar-refractivity contribution in [1.29, 1.82) is 0 Å². The second-order valence-electron chi connectivity index (χ2n) is 6.43. The van der Waals surface area contributed by atoms with Gasteiger partial charge in [0.05, 0.1) is 0 Å². The van der Waals surface area contributed by atoms with E-state index in [-0.39, 0.29) is 5.78 Å². The van der Waals surface area contributed by atoms with E-state index >= 15 is 0 Å². The first-order valence-corrected chi connectivity index (χ1v) is 7.56. The van der Waals surface area contributed by atoms with Gasteiger partial charge in [-0.1, -0.05) is 30.3 Å². The Morgan fingerprint density at radius 3 is 2.30 bits per heavy atom. The topological polar surface area (TPSA) is 61.5 Å². The lowest BCUT2D eigenvalue weighted by Gasteiger charge is -2.24. The molecular formula is C19H23NO3. The summed E-state index contributed by atoms with van der Waals surface area (Å²) in [6.45, 7) is 7.71. The molecule has 0 saturated heterocycles. The van der Waals surface area contributed by atoms with Crippen LogP contribution in [0, 0.1) is 0 Å². The van der Waals surface area contributed by atoms with Crippen molar-refractivity contribution in [3.8, 4) is 11.5 Å². The van der Waals surface area contributed by atoms with Crippen LogP contribution in [0.25, 0.3) is 0 Å². The van der Waals surface area contributed by atoms with Gasteiger partial charge in [-0.15, -0.1) is 0 Å². The number of carbonyl (C=O) groups excluding carboxylic acids is 1. The molecule has 0 aliphatic rings. The first-order valence-electron chi connectivity index (χ1n) is 7.56. The number of nitrogens with two attached hydrogens (primary N) is 1. The van der Waals surface area contributed by atoms with Crippen LogP contribution in [-0.2, 0) is 6.61 Å². The van der Waals surface area contributed by atoms with Gasteiger partial charge in [-0.05, 0) is 39.3 Å². The first kappa shape index (κ1) is 16.9. The van der Waals surface area contributed by atoms with Gasteiger partial charge in [0.15, 0.2) is 17.3 Å². The summed E-state index contributed by atoms with van der Waals surface area (Å²) in [5, 5.41) is 0. The number of hydrogen-bond donors (Lipinski definition) is 1. The summed E-state index contributed by atoms with van der Waals surface area (Å²) in [6.07, 6.45) is 0. The monoisotopic (exact) mass is 313 g/mol. The number of rotatable bonds is 5. The minimum atomic E-state index is -0.408. The summed E-state index contributed by atoms with van der Waals surface area (Å²) in [5.41, 5.74) is 7.44. The minimum absolute atomic E-state index is 0.101. The number of anilines is 1. The zero-order valence-electron chi connectivity index (χ0n) is 14.1. The van der Waals surface area contributed by atoms with Crippen LogP contribution in [0.2, 0.25) is 0 Å². The van der Waals surface area contributed by atoms with E-state index in [9.17, 15) is 4.79 Å². The molecule has 2 aromatic rings. The number of ether oxygens (including phenoxy) is 2. The molecule has 2 aromatic carbocycles. The summed E-state index contributed by atoms with van der Waals surface area (Å²) in [7, 11) is 0. The molecule has 2 rings (SSSR count). The maximum absolute atomic E-state index is 11.7. The van der Waals surface area contributed by atoms with Gasteiger partial charge in [-0.25, -0.2) is 0 Å². The van der Waals surface area contributed by atoms with Gasteiger partial charge in [-0.3, -0.25) is 4.79 Å². The summed E-state index contributed by atoms with van der Waals surface area (Å²) >= 11 is 0. The van der Waals surface area contributed by atoms with Gasteiger partial charge in [-0.2, -0.15) is 0 Å². The largest absolute Gasteiger partial charge is 0.485 e. The number of ketones is 1. The summed E-state index contributed by atoms with van der Waals surface area (Å²) in [5.74, 6) is 0.954. The maximum Gasteiger partial charge on any atom is 0.163 e. The first-order chi connectivity index (χ1) is 10.8. The van der Waals surface area contributed by atoms with Crippen LogP contribution in [0.1, 0.15) is 43.6 Å². The highest BCUT2D eigenvalue weighted by Crippen LogP contribution is 2.35. The molecule has 2 N–H and O–H groups in total. The normalized spacial score (nSPS) is 11.1. The van der Waals surface area contributed by atoms with E-state index in [1.165, 1.54) is 6.92 Å². The molecular weight excluding hydrogens is 290 g/mol. The molecule has 0 amide bonds. The number of Topliss-reactive ketones (excluding diaryl/α,β-unsaturated/α-hetero) is 1. The van der Waals surface area contributed by atoms with Crippen molar-refractivity contribution in [1.82, 2.24) is 0 Å². The summed E-state index contributed by atoms with van der Waals surface area (Å²) in [6, 6.07) is 13.1. The second kappa shape index (κ2) is 6.73. The van der Waals surface area contributed by atoms with Gasteiger partial charge in [0, 0.05) is 17.3 Å². The molecule has 0 atom stereocenters. The molecule has 0 fully saturated rings. The second-order valence-corrected chi connectivity index (χ2v) is 6.43. The Labute approximate surface area is 137 Å². The molecule has 0 heterocycles. The van der Waals surface area contributed by atoms with Gasteiger partial charge in [0.25, 0.3) is 0 Å². The Kier molecular flexibility index (Phi) is 4.94. The van der Waals surface area contributed by atoms with E-state index < -0.39 is 5.60 Å². The Morgan fingerprint density at radius 2 is 1.74 bits per heavy atom. The average Bonchev–Trinajstić information content (AvgIpc) is 2.46. The van der Waals surface area contributed by atoms with Crippen molar-refractivity contribution in [3.05, 3.63) is 53.6 Å². The van der Waals surface area contributed by atoms with Crippen LogP contribution in [0.3, 0.4) is 0 Å². The van der Waals surface area contributed by atoms with Crippen molar-refractivity contribution in [2.45, 2.75) is 39.9 Å². The Morgan fingerprint density at radius 1 is 1.09 bits per heavy atom. The lowest BCUT2D eigenvalue weighted by molar-refractivity contribution is 0.101. The smallest absolute Gasteiger partial charge is 0.163 e. The number of hydrogen-bond acceptors (Lipinski definition) is 4. The summed E-state index contributed by atoms with van der Waals surface area (Å²) in [4.78, 5) is 11.7. The van der Waals surface area contributed by atoms with Crippen molar-refractivity contribution in [3.63, 3.8) is 0 Å². The highest BCUT2D eigenvalue weighted by Gasteiger charge is 2.19. The fourth-order valence-electron chi connectivity index (χ4n) is 2.14. The molecule has 4 nitrogen and oxygen atoms in total. The minimum Gasteiger partial charge on any atom is -0.485 e. The van der Waals surface area contributed by atoms with Crippen molar-refractivity contribution < 1.29 is 14.3 Å². The van der Waals surface area contributed by atoms with Crippen LogP contribution in [0.15, 0.2) is 42.5 Å². The molecule has 0 radical (unpaired) electrons. The van der Waals surface area contributed by atoms with Gasteiger partial charge < -0.3 is 15.2 Å². The highest BCUT2D eigenvalue weighted by atomic mass is 16.5. The zero-order valence-corrected chi connectivity index (χ0v) is 14.1. The van der Waals surface area contributed by atoms with Crippen LogP contribution in [0.4, 0.5) is 5.69 Å². The molecule has 4 heteroatoms. The van der Waals surface area contributed by atoms with E-state index in [0.29, 0.717) is 29.4 Å². The van der Waals surface area contributed by atoms with Gasteiger partial charge in [0.1, 0.15) is 12.2 Å². The fourth-order valence-corrected chi connectivity index (χ4v) is 2.14. The molecule has 0 aromatic heterocycles. The standard InChI is InChI=1S/C19H23NO3/c1-13(21)15-10-18(23-19(2,3)4)17(11-16(15)20)22-12-14-8-6-5-7-9-14/h5-11H,12,20H2,1-4H3. The molecule has 23 heavy (non-hydrogen) atoms. The van der Waals surface area contributed by atoms with E-state index in [1.54, 1.807) is 12.1 Å². The third-order valence-corrected chi connectivity index (χ3v) is 3.15. The molecule has 0 saturated carbocycles.